The molecule has 0 N–H and O–H groups in total. The van der Waals surface area contributed by atoms with E-state index in [4.69, 9.17) is 9.47 Å². The van der Waals surface area contributed by atoms with Gasteiger partial charge in [-0.05, 0) is 48.4 Å². The van der Waals surface area contributed by atoms with Crippen LogP contribution in [-0.4, -0.2) is 19.9 Å². The van der Waals surface area contributed by atoms with Gasteiger partial charge in [0.25, 0.3) is 0 Å². The normalized spacial score (nSPS) is 13.9. The van der Waals surface area contributed by atoms with Gasteiger partial charge in [0.15, 0.2) is 5.76 Å². The number of fused-ring (bicyclic) bond motifs is 1. The van der Waals surface area contributed by atoms with E-state index in [1.165, 1.54) is 0 Å². The average molecular weight is 385 g/mol. The first-order chi connectivity index (χ1) is 14.0. The van der Waals surface area contributed by atoms with Gasteiger partial charge in [0, 0.05) is 25.3 Å². The minimum Gasteiger partial charge on any atom is -0.488 e. The summed E-state index contributed by atoms with van der Waals surface area (Å²) in [7, 11) is 3.99. The number of hydrogen-bond acceptors (Lipinski definition) is 4. The van der Waals surface area contributed by atoms with E-state index < -0.39 is 0 Å². The highest BCUT2D eigenvalue weighted by atomic mass is 16.5. The molecule has 1 aliphatic rings. The Morgan fingerprint density at radius 1 is 0.966 bits per heavy atom. The van der Waals surface area contributed by atoms with E-state index in [0.29, 0.717) is 23.7 Å². The fourth-order valence-corrected chi connectivity index (χ4v) is 3.28. The number of rotatable bonds is 5. The van der Waals surface area contributed by atoms with Crippen molar-refractivity contribution < 1.29 is 14.3 Å². The summed E-state index contributed by atoms with van der Waals surface area (Å²) in [5.41, 5.74) is 4.52. The Kier molecular flexibility index (Phi) is 5.09. The molecule has 1 heterocycles. The first-order valence-corrected chi connectivity index (χ1v) is 9.55. The van der Waals surface area contributed by atoms with Crippen molar-refractivity contribution in [2.45, 2.75) is 13.5 Å². The molecule has 0 aliphatic carbocycles. The number of benzene rings is 3. The van der Waals surface area contributed by atoms with Gasteiger partial charge in [0.2, 0.25) is 5.78 Å². The summed E-state index contributed by atoms with van der Waals surface area (Å²) in [6, 6.07) is 21.6. The molecule has 0 fully saturated rings. The Balaban J connectivity index is 1.55. The summed E-state index contributed by atoms with van der Waals surface area (Å²) in [5.74, 6) is 1.53. The van der Waals surface area contributed by atoms with Crippen LogP contribution in [0.3, 0.4) is 0 Å². The first kappa shape index (κ1) is 18.8. The molecule has 29 heavy (non-hydrogen) atoms. The highest BCUT2D eigenvalue weighted by molar-refractivity contribution is 6.15. The zero-order valence-electron chi connectivity index (χ0n) is 16.8. The molecule has 0 atom stereocenters. The highest BCUT2D eigenvalue weighted by Crippen LogP contribution is 2.39. The van der Waals surface area contributed by atoms with Crippen molar-refractivity contribution in [2.75, 3.05) is 19.0 Å². The number of ether oxygens (including phenoxy) is 2. The summed E-state index contributed by atoms with van der Waals surface area (Å²) in [4.78, 5) is 14.8. The van der Waals surface area contributed by atoms with Crippen molar-refractivity contribution >= 4 is 17.5 Å². The van der Waals surface area contributed by atoms with Gasteiger partial charge in [-0.25, -0.2) is 0 Å². The van der Waals surface area contributed by atoms with Gasteiger partial charge in [-0.1, -0.05) is 42.5 Å². The molecule has 0 unspecified atom stereocenters. The molecule has 0 saturated carbocycles. The van der Waals surface area contributed by atoms with Gasteiger partial charge in [-0.2, -0.15) is 0 Å². The van der Waals surface area contributed by atoms with E-state index in [9.17, 15) is 4.79 Å². The van der Waals surface area contributed by atoms with E-state index in [2.05, 4.69) is 0 Å². The minimum atomic E-state index is -0.102. The summed E-state index contributed by atoms with van der Waals surface area (Å²) in [6.07, 6.45) is 1.78. The van der Waals surface area contributed by atoms with Crippen LogP contribution in [0.4, 0.5) is 5.69 Å². The molecule has 4 heteroatoms. The van der Waals surface area contributed by atoms with Crippen LogP contribution in [0.15, 0.2) is 72.5 Å². The second-order valence-electron chi connectivity index (χ2n) is 7.27. The fraction of sp³-hybridized carbons (Fsp3) is 0.160. The molecule has 0 saturated heterocycles. The Bertz CT molecular complexity index is 1070. The van der Waals surface area contributed by atoms with E-state index in [-0.39, 0.29) is 5.78 Å². The maximum Gasteiger partial charge on any atom is 0.231 e. The van der Waals surface area contributed by atoms with Crippen molar-refractivity contribution in [1.82, 2.24) is 0 Å². The van der Waals surface area contributed by atoms with Gasteiger partial charge >= 0.3 is 0 Å². The quantitative estimate of drug-likeness (QED) is 0.562. The molecule has 0 amide bonds. The summed E-state index contributed by atoms with van der Waals surface area (Å²) in [5, 5.41) is 0. The lowest BCUT2D eigenvalue weighted by molar-refractivity contribution is 0.101. The number of hydrogen-bond donors (Lipinski definition) is 0. The van der Waals surface area contributed by atoms with E-state index in [1.54, 1.807) is 12.1 Å². The van der Waals surface area contributed by atoms with Crippen molar-refractivity contribution in [3.8, 4) is 11.5 Å². The Morgan fingerprint density at radius 2 is 1.69 bits per heavy atom. The van der Waals surface area contributed by atoms with Crippen LogP contribution < -0.4 is 14.4 Å². The molecule has 3 aromatic carbocycles. The maximum atomic E-state index is 12.8. The number of Topliss-reactive ketones (excluding diaryl/α,β-unsaturated/α-hetero) is 1. The van der Waals surface area contributed by atoms with Gasteiger partial charge in [0.1, 0.15) is 18.1 Å². The molecule has 1 aliphatic heterocycles. The summed E-state index contributed by atoms with van der Waals surface area (Å²) in [6.45, 7) is 2.39. The molecule has 4 nitrogen and oxygen atoms in total. The lowest BCUT2D eigenvalue weighted by atomic mass is 10.1. The van der Waals surface area contributed by atoms with Crippen LogP contribution in [0, 0.1) is 6.92 Å². The molecular formula is C25H23NO3. The first-order valence-electron chi connectivity index (χ1n) is 9.55. The van der Waals surface area contributed by atoms with Gasteiger partial charge in [-0.3, -0.25) is 4.79 Å². The second-order valence-corrected chi connectivity index (χ2v) is 7.27. The summed E-state index contributed by atoms with van der Waals surface area (Å²) >= 11 is 0. The molecule has 4 rings (SSSR count). The standard InChI is InChI=1S/C25H23NO3/c1-17-22(28-16-19-7-5-4-6-8-19)14-13-21-24(27)23(29-25(17)21)15-18-9-11-20(12-10-18)26(2)3/h4-15H,16H2,1-3H3/b23-15-. The molecule has 0 spiro atoms. The monoisotopic (exact) mass is 385 g/mol. The largest absolute Gasteiger partial charge is 0.488 e. The number of nitrogens with zero attached hydrogens (tertiary/aromatic N) is 1. The molecule has 0 radical (unpaired) electrons. The lowest BCUT2D eigenvalue weighted by Crippen LogP contribution is -2.08. The van der Waals surface area contributed by atoms with E-state index >= 15 is 0 Å². The lowest BCUT2D eigenvalue weighted by Gasteiger charge is -2.12. The third-order valence-corrected chi connectivity index (χ3v) is 4.98. The van der Waals surface area contributed by atoms with Crippen molar-refractivity contribution in [3.63, 3.8) is 0 Å². The number of allylic oxidation sites excluding steroid dienone is 1. The van der Waals surface area contributed by atoms with Crippen molar-refractivity contribution in [2.24, 2.45) is 0 Å². The SMILES string of the molecule is Cc1c(OCc2ccccc2)ccc2c1O/C(=C\c1ccc(N(C)C)cc1)C2=O. The Morgan fingerprint density at radius 3 is 2.38 bits per heavy atom. The van der Waals surface area contributed by atoms with Gasteiger partial charge in [0.05, 0.1) is 5.56 Å². The Labute approximate surface area is 171 Å². The summed E-state index contributed by atoms with van der Waals surface area (Å²) < 4.78 is 11.9. The zero-order valence-corrected chi connectivity index (χ0v) is 16.8. The minimum absolute atomic E-state index is 0.102. The molecule has 0 bridgehead atoms. The van der Waals surface area contributed by atoms with Crippen LogP contribution in [0.5, 0.6) is 11.5 Å². The Hall–Kier alpha value is -3.53. The third-order valence-electron chi connectivity index (χ3n) is 4.98. The predicted octanol–water partition coefficient (Wildman–Crippen LogP) is 5.26. The van der Waals surface area contributed by atoms with Crippen LogP contribution in [0.25, 0.3) is 6.08 Å². The van der Waals surface area contributed by atoms with Crippen LogP contribution in [-0.2, 0) is 6.61 Å². The third kappa shape index (κ3) is 3.87. The van der Waals surface area contributed by atoms with E-state index in [0.717, 1.165) is 28.1 Å². The van der Waals surface area contributed by atoms with Crippen molar-refractivity contribution in [3.05, 3.63) is 94.7 Å². The maximum absolute atomic E-state index is 12.8. The molecular weight excluding hydrogens is 362 g/mol. The predicted molar refractivity (Wildman–Crippen MR) is 116 cm³/mol. The van der Waals surface area contributed by atoms with Gasteiger partial charge < -0.3 is 14.4 Å². The van der Waals surface area contributed by atoms with Crippen LogP contribution in [0.2, 0.25) is 0 Å². The molecule has 146 valence electrons. The number of carbonyl (C=O) groups is 1. The fourth-order valence-electron chi connectivity index (χ4n) is 3.28. The van der Waals surface area contributed by atoms with E-state index in [1.807, 2.05) is 86.6 Å². The van der Waals surface area contributed by atoms with Crippen LogP contribution in [0.1, 0.15) is 27.0 Å². The average Bonchev–Trinajstić information content (AvgIpc) is 3.05. The molecule has 0 aromatic heterocycles. The number of carbonyl (C=O) groups excluding carboxylic acids is 1. The topological polar surface area (TPSA) is 38.8 Å². The number of anilines is 1. The molecule has 3 aromatic rings. The van der Waals surface area contributed by atoms with Crippen molar-refractivity contribution in [1.29, 1.82) is 0 Å². The number of ketones is 1. The second kappa shape index (κ2) is 7.84. The highest BCUT2D eigenvalue weighted by Gasteiger charge is 2.30. The smallest absolute Gasteiger partial charge is 0.231 e. The van der Waals surface area contributed by atoms with Crippen LogP contribution >= 0.6 is 0 Å². The van der Waals surface area contributed by atoms with Gasteiger partial charge in [-0.15, -0.1) is 0 Å². The zero-order chi connectivity index (χ0) is 20.4.